The van der Waals surface area contributed by atoms with Gasteiger partial charge in [0.15, 0.2) is 5.78 Å². The van der Waals surface area contributed by atoms with Crippen molar-refractivity contribution in [1.82, 2.24) is 16.0 Å². The summed E-state index contributed by atoms with van der Waals surface area (Å²) >= 11 is 0. The molecule has 8 heteroatoms. The third kappa shape index (κ3) is 8.20. The molecule has 3 rings (SSSR count). The summed E-state index contributed by atoms with van der Waals surface area (Å²) in [6.45, 7) is 10.4. The summed E-state index contributed by atoms with van der Waals surface area (Å²) in [4.78, 5) is 50.2. The fourth-order valence-electron chi connectivity index (χ4n) is 6.16. The van der Waals surface area contributed by atoms with Gasteiger partial charge in [-0.3, -0.25) is 14.4 Å². The van der Waals surface area contributed by atoms with E-state index in [9.17, 15) is 19.2 Å². The first kappa shape index (κ1) is 30.1. The topological polar surface area (TPSA) is 130 Å². The Hall–Kier alpha value is -2.12. The second-order valence-electron chi connectivity index (χ2n) is 12.1. The lowest BCUT2D eigenvalue weighted by Crippen LogP contribution is -2.56. The molecule has 3 saturated carbocycles. The van der Waals surface area contributed by atoms with Gasteiger partial charge in [-0.15, -0.1) is 0 Å². The normalized spacial score (nSPS) is 28.4. The average Bonchev–Trinajstić information content (AvgIpc) is 2.80. The molecule has 0 heterocycles. The maximum atomic E-state index is 13.9. The van der Waals surface area contributed by atoms with Crippen LogP contribution in [0.2, 0.25) is 0 Å². The van der Waals surface area contributed by atoms with Gasteiger partial charge in [-0.2, -0.15) is 0 Å². The number of carbonyl (C=O) groups is 4. The van der Waals surface area contributed by atoms with Gasteiger partial charge in [-0.25, -0.2) is 4.79 Å². The zero-order chi connectivity index (χ0) is 26.9. The quantitative estimate of drug-likeness (QED) is 0.331. The summed E-state index contributed by atoms with van der Waals surface area (Å²) in [7, 11) is 0. The molecule has 3 fully saturated rings. The van der Waals surface area contributed by atoms with Crippen molar-refractivity contribution in [2.24, 2.45) is 28.4 Å². The number of ketones is 1. The number of nitrogens with one attached hydrogen (secondary N) is 3. The first-order valence-corrected chi connectivity index (χ1v) is 14.1. The Balaban J connectivity index is 2.12. The van der Waals surface area contributed by atoms with E-state index in [0.717, 1.165) is 51.4 Å². The van der Waals surface area contributed by atoms with Crippen molar-refractivity contribution < 1.29 is 19.2 Å². The Kier molecular flexibility index (Phi) is 11.2. The summed E-state index contributed by atoms with van der Waals surface area (Å²) in [6, 6.07) is -1.99. The van der Waals surface area contributed by atoms with Crippen LogP contribution in [0.3, 0.4) is 0 Å². The van der Waals surface area contributed by atoms with Crippen LogP contribution in [0.25, 0.3) is 0 Å². The number of carbonyl (C=O) groups excluding carboxylic acids is 4. The van der Waals surface area contributed by atoms with E-state index < -0.39 is 23.5 Å². The molecule has 0 aliphatic heterocycles. The Morgan fingerprint density at radius 3 is 2.22 bits per heavy atom. The van der Waals surface area contributed by atoms with Gasteiger partial charge in [0.1, 0.15) is 6.04 Å². The number of nitrogens with two attached hydrogens (primary N) is 1. The lowest BCUT2D eigenvalue weighted by molar-refractivity contribution is -0.139. The summed E-state index contributed by atoms with van der Waals surface area (Å²) in [6.07, 6.45) is 11.4. The molecule has 4 amide bonds. The number of hydrogen-bond donors (Lipinski definition) is 4. The van der Waals surface area contributed by atoms with Crippen LogP contribution in [0, 0.1) is 22.7 Å². The Labute approximate surface area is 217 Å². The molecule has 0 aromatic heterocycles. The number of fused-ring (bicyclic) bond motifs is 8. The van der Waals surface area contributed by atoms with Crippen LogP contribution in [0.1, 0.15) is 112 Å². The predicted molar refractivity (Wildman–Crippen MR) is 142 cm³/mol. The smallest absolute Gasteiger partial charge is 0.312 e. The Bertz CT molecular complexity index is 786. The molecule has 2 bridgehead atoms. The molecule has 0 aromatic carbocycles. The SMILES string of the molecule is CC(=O)[C@H](CCCNC(N)=O)NC(=O)[C@@H](NC(=O)C12CCCCCC(C)(CCC1)[C@H](C)CC2)C(C)C. The van der Waals surface area contributed by atoms with Crippen LogP contribution in [-0.2, 0) is 14.4 Å². The summed E-state index contributed by atoms with van der Waals surface area (Å²) in [5.74, 6) is -0.0288. The molecule has 2 unspecified atom stereocenters. The number of hydrogen-bond acceptors (Lipinski definition) is 4. The fraction of sp³-hybridized carbons (Fsp3) is 0.857. The number of Topliss-reactive ketones (excluding diaryl/α,β-unsaturated/α-hetero) is 1. The van der Waals surface area contributed by atoms with Crippen LogP contribution in [0.5, 0.6) is 0 Å². The summed E-state index contributed by atoms with van der Waals surface area (Å²) in [5, 5.41) is 8.48. The maximum absolute atomic E-state index is 13.9. The molecule has 3 aliphatic rings. The van der Waals surface area contributed by atoms with Crippen LogP contribution >= 0.6 is 0 Å². The van der Waals surface area contributed by atoms with Crippen molar-refractivity contribution in [1.29, 1.82) is 0 Å². The van der Waals surface area contributed by atoms with Crippen molar-refractivity contribution in [3.63, 3.8) is 0 Å². The first-order chi connectivity index (χ1) is 16.9. The van der Waals surface area contributed by atoms with Crippen molar-refractivity contribution in [2.75, 3.05) is 6.54 Å². The molecule has 5 N–H and O–H groups in total. The van der Waals surface area contributed by atoms with E-state index in [4.69, 9.17) is 5.73 Å². The first-order valence-electron chi connectivity index (χ1n) is 14.1. The van der Waals surface area contributed by atoms with E-state index in [1.54, 1.807) is 0 Å². The highest BCUT2D eigenvalue weighted by molar-refractivity contribution is 5.93. The lowest BCUT2D eigenvalue weighted by atomic mass is 9.61. The Morgan fingerprint density at radius 2 is 1.58 bits per heavy atom. The monoisotopic (exact) mass is 506 g/mol. The van der Waals surface area contributed by atoms with Gasteiger partial charge in [0.05, 0.1) is 6.04 Å². The molecular weight excluding hydrogens is 456 g/mol. The summed E-state index contributed by atoms with van der Waals surface area (Å²) in [5.41, 5.74) is 5.01. The predicted octanol–water partition coefficient (Wildman–Crippen LogP) is 4.21. The van der Waals surface area contributed by atoms with Crippen molar-refractivity contribution in [3.8, 4) is 0 Å². The van der Waals surface area contributed by atoms with Crippen LogP contribution in [-0.4, -0.2) is 42.3 Å². The zero-order valence-electron chi connectivity index (χ0n) is 23.2. The van der Waals surface area contributed by atoms with Crippen molar-refractivity contribution in [3.05, 3.63) is 0 Å². The van der Waals surface area contributed by atoms with Crippen LogP contribution in [0.15, 0.2) is 0 Å². The highest BCUT2D eigenvalue weighted by Gasteiger charge is 2.44. The lowest BCUT2D eigenvalue weighted by Gasteiger charge is -2.44. The van der Waals surface area contributed by atoms with Crippen LogP contribution < -0.4 is 21.7 Å². The third-order valence-electron chi connectivity index (χ3n) is 9.05. The largest absolute Gasteiger partial charge is 0.352 e. The van der Waals surface area contributed by atoms with Gasteiger partial charge in [-0.1, -0.05) is 53.4 Å². The minimum Gasteiger partial charge on any atom is -0.352 e. The van der Waals surface area contributed by atoms with Crippen molar-refractivity contribution in [2.45, 2.75) is 124 Å². The van der Waals surface area contributed by atoms with Gasteiger partial charge >= 0.3 is 6.03 Å². The van der Waals surface area contributed by atoms with Gasteiger partial charge in [0.2, 0.25) is 11.8 Å². The second kappa shape index (κ2) is 13.4. The minimum absolute atomic E-state index is 0.00207. The molecule has 0 aromatic rings. The van der Waals surface area contributed by atoms with E-state index in [0.29, 0.717) is 30.7 Å². The maximum Gasteiger partial charge on any atom is 0.312 e. The average molecular weight is 507 g/mol. The minimum atomic E-state index is -0.707. The van der Waals surface area contributed by atoms with E-state index in [1.807, 2.05) is 13.8 Å². The second-order valence-corrected chi connectivity index (χ2v) is 12.1. The standard InChI is InChI=1S/C28H50N4O4/c1-19(2)23(24(34)31-22(21(4)33)11-9-18-30-26(29)36)32-25(35)28-15-8-6-7-13-27(5,14-10-16-28)20(3)12-17-28/h19-20,22-23H,6-18H2,1-5H3,(H,31,34)(H,32,35)(H3,29,30,36)/t20-,22+,23+,27?,28?/m1/s1. The number of urea groups is 1. The van der Waals surface area contributed by atoms with E-state index in [2.05, 4.69) is 29.8 Å². The molecule has 0 spiro atoms. The van der Waals surface area contributed by atoms with E-state index in [-0.39, 0.29) is 23.5 Å². The van der Waals surface area contributed by atoms with Crippen molar-refractivity contribution >= 4 is 23.6 Å². The highest BCUT2D eigenvalue weighted by atomic mass is 16.2. The highest BCUT2D eigenvalue weighted by Crippen LogP contribution is 2.49. The van der Waals surface area contributed by atoms with Gasteiger partial charge in [-0.05, 0) is 75.5 Å². The number of rotatable bonds is 10. The van der Waals surface area contributed by atoms with Gasteiger partial charge in [0, 0.05) is 12.0 Å². The fourth-order valence-corrected chi connectivity index (χ4v) is 6.16. The third-order valence-corrected chi connectivity index (χ3v) is 9.05. The zero-order valence-corrected chi connectivity index (χ0v) is 23.2. The van der Waals surface area contributed by atoms with Gasteiger partial charge < -0.3 is 21.7 Å². The molecule has 36 heavy (non-hydrogen) atoms. The Morgan fingerprint density at radius 1 is 0.944 bits per heavy atom. The molecule has 206 valence electrons. The number of primary amides is 1. The molecule has 3 aliphatic carbocycles. The van der Waals surface area contributed by atoms with E-state index >= 15 is 0 Å². The van der Waals surface area contributed by atoms with Crippen LogP contribution in [0.4, 0.5) is 4.79 Å². The molecule has 8 nitrogen and oxygen atoms in total. The molecule has 5 atom stereocenters. The molecule has 0 saturated heterocycles. The van der Waals surface area contributed by atoms with E-state index in [1.165, 1.54) is 19.8 Å². The number of amides is 4. The summed E-state index contributed by atoms with van der Waals surface area (Å²) < 4.78 is 0. The molecule has 0 radical (unpaired) electrons. The molecular formula is C28H50N4O4. The van der Waals surface area contributed by atoms with Gasteiger partial charge in [0.25, 0.3) is 0 Å².